The van der Waals surface area contributed by atoms with Gasteiger partial charge in [0.2, 0.25) is 0 Å². The van der Waals surface area contributed by atoms with Crippen LogP contribution in [-0.4, -0.2) is 44.4 Å². The lowest BCUT2D eigenvalue weighted by molar-refractivity contribution is 0.240. The van der Waals surface area contributed by atoms with Gasteiger partial charge in [-0.1, -0.05) is 26.0 Å². The molecule has 4 aromatic rings. The number of amidine groups is 1. The first-order chi connectivity index (χ1) is 16.0. The van der Waals surface area contributed by atoms with Crippen molar-refractivity contribution in [3.05, 3.63) is 70.5 Å². The number of aliphatic hydroxyl groups is 1. The molecule has 0 radical (unpaired) electrons. The van der Waals surface area contributed by atoms with Gasteiger partial charge >= 0.3 is 0 Å². The Hall–Kier alpha value is -3.65. The van der Waals surface area contributed by atoms with Crippen LogP contribution in [0.3, 0.4) is 0 Å². The van der Waals surface area contributed by atoms with Crippen LogP contribution < -0.4 is 4.74 Å². The molecular weight excluding hydrogens is 434 g/mol. The molecule has 1 atom stereocenters. The fourth-order valence-electron chi connectivity index (χ4n) is 4.28. The maximum atomic E-state index is 10.9. The second kappa shape index (κ2) is 8.37. The standard InChI is InChI=1S/C25H25N5O2S/c1-14(2)22(24-27-17-6-4-5-7-18(17)28-24)30-12-20(31)21(23(30)26)25-29-19(13-33-25)15-8-10-16(32-3)11-9-15/h4-11,13-14,22,26,31H,12H2,1-3H3,(H,27,28). The predicted molar refractivity (Wildman–Crippen MR) is 132 cm³/mol. The number of hydrogen-bond donors (Lipinski definition) is 3. The maximum Gasteiger partial charge on any atom is 0.135 e. The topological polar surface area (TPSA) is 98.1 Å². The molecule has 3 heterocycles. The quantitative estimate of drug-likeness (QED) is 0.346. The molecule has 0 spiro atoms. The summed E-state index contributed by atoms with van der Waals surface area (Å²) in [7, 11) is 1.64. The van der Waals surface area contributed by atoms with Crippen LogP contribution in [0.5, 0.6) is 5.75 Å². The number of nitrogens with one attached hydrogen (secondary N) is 2. The van der Waals surface area contributed by atoms with Gasteiger partial charge in [-0.3, -0.25) is 5.41 Å². The number of thiazole rings is 1. The second-order valence-electron chi connectivity index (χ2n) is 8.39. The van der Waals surface area contributed by atoms with Gasteiger partial charge in [-0.05, 0) is 42.3 Å². The zero-order valence-electron chi connectivity index (χ0n) is 18.7. The Morgan fingerprint density at radius 3 is 2.58 bits per heavy atom. The summed E-state index contributed by atoms with van der Waals surface area (Å²) in [6.07, 6.45) is 0. The average molecular weight is 460 g/mol. The highest BCUT2D eigenvalue weighted by atomic mass is 32.1. The Labute approximate surface area is 195 Å². The van der Waals surface area contributed by atoms with E-state index in [2.05, 4.69) is 18.8 Å². The van der Waals surface area contributed by atoms with Crippen LogP contribution in [0.4, 0.5) is 0 Å². The first-order valence-corrected chi connectivity index (χ1v) is 11.7. The lowest BCUT2D eigenvalue weighted by Crippen LogP contribution is -2.35. The fourth-order valence-corrected chi connectivity index (χ4v) is 5.18. The third kappa shape index (κ3) is 3.76. The van der Waals surface area contributed by atoms with Crippen molar-refractivity contribution in [3.8, 4) is 17.0 Å². The van der Waals surface area contributed by atoms with E-state index in [9.17, 15) is 5.11 Å². The first-order valence-electron chi connectivity index (χ1n) is 10.8. The largest absolute Gasteiger partial charge is 0.510 e. The molecule has 1 aliphatic heterocycles. The molecule has 0 saturated carbocycles. The molecular formula is C25H25N5O2S. The highest BCUT2D eigenvalue weighted by Gasteiger charge is 2.37. The fraction of sp³-hybridized carbons (Fsp3) is 0.240. The number of para-hydroxylation sites is 2. The molecule has 0 saturated heterocycles. The predicted octanol–water partition coefficient (Wildman–Crippen LogP) is 5.65. The van der Waals surface area contributed by atoms with Crippen LogP contribution in [0, 0.1) is 11.3 Å². The summed E-state index contributed by atoms with van der Waals surface area (Å²) in [4.78, 5) is 14.8. The van der Waals surface area contributed by atoms with Crippen LogP contribution >= 0.6 is 11.3 Å². The Morgan fingerprint density at radius 2 is 1.88 bits per heavy atom. The Bertz CT molecular complexity index is 1320. The molecule has 0 amide bonds. The number of aromatic nitrogens is 3. The number of ether oxygens (including phenoxy) is 1. The van der Waals surface area contributed by atoms with Crippen LogP contribution in [0.1, 0.15) is 30.7 Å². The van der Waals surface area contributed by atoms with Gasteiger partial charge in [0.15, 0.2) is 0 Å². The lowest BCUT2D eigenvalue weighted by Gasteiger charge is -2.31. The van der Waals surface area contributed by atoms with Crippen molar-refractivity contribution in [1.82, 2.24) is 19.9 Å². The molecule has 0 bridgehead atoms. The molecule has 0 fully saturated rings. The first kappa shape index (κ1) is 21.2. The number of imidazole rings is 1. The van der Waals surface area contributed by atoms with Crippen molar-refractivity contribution in [1.29, 1.82) is 5.41 Å². The smallest absolute Gasteiger partial charge is 0.135 e. The van der Waals surface area contributed by atoms with E-state index in [0.29, 0.717) is 10.6 Å². The van der Waals surface area contributed by atoms with Crippen molar-refractivity contribution in [3.63, 3.8) is 0 Å². The van der Waals surface area contributed by atoms with Gasteiger partial charge < -0.3 is 19.7 Å². The van der Waals surface area contributed by atoms with Crippen molar-refractivity contribution >= 4 is 33.8 Å². The van der Waals surface area contributed by atoms with Crippen LogP contribution in [0.2, 0.25) is 0 Å². The van der Waals surface area contributed by atoms with Crippen molar-refractivity contribution in [2.75, 3.05) is 13.7 Å². The molecule has 33 heavy (non-hydrogen) atoms. The molecule has 5 rings (SSSR count). The zero-order valence-corrected chi connectivity index (χ0v) is 19.5. The number of methoxy groups -OCH3 is 1. The number of rotatable bonds is 6. The summed E-state index contributed by atoms with van der Waals surface area (Å²) in [5.41, 5.74) is 4.11. The zero-order chi connectivity index (χ0) is 23.1. The Balaban J connectivity index is 1.44. The van der Waals surface area contributed by atoms with E-state index in [1.165, 1.54) is 11.3 Å². The Morgan fingerprint density at radius 1 is 1.12 bits per heavy atom. The third-order valence-electron chi connectivity index (χ3n) is 5.89. The number of aromatic amines is 1. The molecule has 1 unspecified atom stereocenters. The molecule has 8 heteroatoms. The monoisotopic (exact) mass is 459 g/mol. The molecule has 168 valence electrons. The van der Waals surface area contributed by atoms with E-state index >= 15 is 0 Å². The van der Waals surface area contributed by atoms with Crippen molar-refractivity contribution in [2.24, 2.45) is 5.92 Å². The molecule has 3 N–H and O–H groups in total. The molecule has 1 aliphatic rings. The molecule has 2 aromatic carbocycles. The van der Waals surface area contributed by atoms with Crippen LogP contribution in [0.15, 0.2) is 59.7 Å². The number of hydrogen-bond acceptors (Lipinski definition) is 6. The summed E-state index contributed by atoms with van der Waals surface area (Å²) < 4.78 is 5.23. The number of benzene rings is 2. The summed E-state index contributed by atoms with van der Waals surface area (Å²) in [5, 5.41) is 22.4. The van der Waals surface area contributed by atoms with Gasteiger partial charge in [0.05, 0.1) is 42.0 Å². The van der Waals surface area contributed by atoms with Gasteiger partial charge in [0.25, 0.3) is 0 Å². The molecule has 0 aliphatic carbocycles. The molecule has 2 aromatic heterocycles. The minimum absolute atomic E-state index is 0.164. The summed E-state index contributed by atoms with van der Waals surface area (Å²) in [6.45, 7) is 4.46. The minimum atomic E-state index is -0.175. The summed E-state index contributed by atoms with van der Waals surface area (Å²) in [5.74, 6) is 2.18. The second-order valence-corrected chi connectivity index (χ2v) is 9.25. The van der Waals surface area contributed by atoms with E-state index < -0.39 is 0 Å². The normalized spacial score (nSPS) is 15.2. The van der Waals surface area contributed by atoms with Gasteiger partial charge in [-0.2, -0.15) is 0 Å². The molecule has 7 nitrogen and oxygen atoms in total. The third-order valence-corrected chi connectivity index (χ3v) is 6.75. The number of aliphatic hydroxyl groups excluding tert-OH is 1. The van der Waals surface area contributed by atoms with Crippen LogP contribution in [-0.2, 0) is 0 Å². The van der Waals surface area contributed by atoms with E-state index in [1.807, 2.05) is 58.8 Å². The van der Waals surface area contributed by atoms with Crippen molar-refractivity contribution < 1.29 is 9.84 Å². The SMILES string of the molecule is COc1ccc(-c2csc(C3=C(O)CN(C(c4nc5ccccc5[nH]4)C(C)C)C3=N)n2)cc1. The summed E-state index contributed by atoms with van der Waals surface area (Å²) in [6, 6.07) is 15.4. The van der Waals surface area contributed by atoms with E-state index in [-0.39, 0.29) is 30.1 Å². The van der Waals surface area contributed by atoms with E-state index in [0.717, 1.165) is 33.9 Å². The van der Waals surface area contributed by atoms with Crippen LogP contribution in [0.25, 0.3) is 27.9 Å². The highest BCUT2D eigenvalue weighted by molar-refractivity contribution is 7.11. The summed E-state index contributed by atoms with van der Waals surface area (Å²) >= 11 is 1.43. The average Bonchev–Trinajstić information content (AvgIpc) is 3.51. The van der Waals surface area contributed by atoms with Gasteiger partial charge in [-0.25, -0.2) is 9.97 Å². The van der Waals surface area contributed by atoms with Gasteiger partial charge in [-0.15, -0.1) is 11.3 Å². The Kier molecular flexibility index (Phi) is 5.38. The number of fused-ring (bicyclic) bond motifs is 1. The lowest BCUT2D eigenvalue weighted by atomic mass is 10.0. The van der Waals surface area contributed by atoms with Gasteiger partial charge in [0.1, 0.15) is 28.2 Å². The van der Waals surface area contributed by atoms with E-state index in [4.69, 9.17) is 20.1 Å². The number of nitrogens with zero attached hydrogens (tertiary/aromatic N) is 3. The number of H-pyrrole nitrogens is 1. The highest BCUT2D eigenvalue weighted by Crippen LogP contribution is 2.38. The maximum absolute atomic E-state index is 10.9. The van der Waals surface area contributed by atoms with Crippen molar-refractivity contribution in [2.45, 2.75) is 19.9 Å². The minimum Gasteiger partial charge on any atom is -0.510 e. The van der Waals surface area contributed by atoms with E-state index in [1.54, 1.807) is 7.11 Å². The van der Waals surface area contributed by atoms with Gasteiger partial charge in [0, 0.05) is 10.9 Å².